The van der Waals surface area contributed by atoms with E-state index in [9.17, 15) is 0 Å². The Balaban J connectivity index is 2.06. The smallest absolute Gasteiger partial charge is 0.103 e. The van der Waals surface area contributed by atoms with Gasteiger partial charge in [-0.1, -0.05) is 35.3 Å². The predicted molar refractivity (Wildman–Crippen MR) is 70.7 cm³/mol. The molecule has 2 atom stereocenters. The van der Waals surface area contributed by atoms with Gasteiger partial charge >= 0.3 is 0 Å². The summed E-state index contributed by atoms with van der Waals surface area (Å²) in [6.07, 6.45) is 3.44. The van der Waals surface area contributed by atoms with Gasteiger partial charge in [0, 0.05) is 18.0 Å². The lowest BCUT2D eigenvalue weighted by Gasteiger charge is -2.10. The normalized spacial score (nSPS) is 26.1. The van der Waals surface area contributed by atoms with Crippen LogP contribution in [0.15, 0.2) is 29.3 Å². The molecule has 86 valence electrons. The molecule has 3 heteroatoms. The number of halogens is 2. The first-order chi connectivity index (χ1) is 7.70. The van der Waals surface area contributed by atoms with E-state index < -0.39 is 0 Å². The third-order valence-corrected chi connectivity index (χ3v) is 4.05. The molecule has 2 unspecified atom stereocenters. The third kappa shape index (κ3) is 2.58. The van der Waals surface area contributed by atoms with Crippen molar-refractivity contribution in [3.05, 3.63) is 34.9 Å². The minimum atomic E-state index is 0.451. The van der Waals surface area contributed by atoms with Crippen molar-refractivity contribution >= 4 is 28.4 Å². The first-order valence-corrected chi connectivity index (χ1v) is 6.34. The summed E-state index contributed by atoms with van der Waals surface area (Å²) in [6, 6.07) is 8.15. The predicted octanol–water partition coefficient (Wildman–Crippen LogP) is 4.49. The maximum Gasteiger partial charge on any atom is 0.103 e. The molecular weight excluding hydrogens is 241 g/mol. The van der Waals surface area contributed by atoms with Crippen LogP contribution in [0.25, 0.3) is 0 Å². The summed E-state index contributed by atoms with van der Waals surface area (Å²) in [4.78, 5) is 4.07. The van der Waals surface area contributed by atoms with Crippen LogP contribution in [-0.2, 0) is 0 Å². The van der Waals surface area contributed by atoms with Crippen LogP contribution >= 0.6 is 23.2 Å². The highest BCUT2D eigenvalue weighted by Crippen LogP contribution is 2.39. The van der Waals surface area contributed by atoms with E-state index in [1.807, 2.05) is 12.1 Å². The van der Waals surface area contributed by atoms with Gasteiger partial charge in [0.1, 0.15) is 5.17 Å². The van der Waals surface area contributed by atoms with Gasteiger partial charge in [0.25, 0.3) is 0 Å². The second-order valence-corrected chi connectivity index (χ2v) is 5.13. The van der Waals surface area contributed by atoms with Crippen LogP contribution in [0.3, 0.4) is 0 Å². The zero-order valence-electron chi connectivity index (χ0n) is 9.29. The summed E-state index contributed by atoms with van der Waals surface area (Å²) in [5.74, 6) is 1.06. The molecule has 1 aliphatic rings. The van der Waals surface area contributed by atoms with Gasteiger partial charge in [0.2, 0.25) is 0 Å². The molecule has 16 heavy (non-hydrogen) atoms. The number of aliphatic imine (C=N–C) groups is 1. The molecule has 0 spiro atoms. The van der Waals surface area contributed by atoms with Crippen molar-refractivity contribution in [2.24, 2.45) is 10.9 Å². The van der Waals surface area contributed by atoms with Crippen molar-refractivity contribution in [2.45, 2.75) is 25.2 Å². The highest BCUT2D eigenvalue weighted by Gasteiger charge is 2.28. The Kier molecular flexibility index (Phi) is 3.88. The van der Waals surface area contributed by atoms with Crippen LogP contribution in [0.5, 0.6) is 0 Å². The second kappa shape index (κ2) is 5.20. The second-order valence-electron chi connectivity index (χ2n) is 4.30. The van der Waals surface area contributed by atoms with E-state index in [1.54, 1.807) is 7.05 Å². The van der Waals surface area contributed by atoms with E-state index in [0.717, 1.165) is 23.0 Å². The van der Waals surface area contributed by atoms with Crippen molar-refractivity contribution in [1.82, 2.24) is 0 Å². The summed E-state index contributed by atoms with van der Waals surface area (Å²) < 4.78 is 0. The van der Waals surface area contributed by atoms with Crippen molar-refractivity contribution in [3.63, 3.8) is 0 Å². The van der Waals surface area contributed by atoms with E-state index >= 15 is 0 Å². The number of hydrogen-bond acceptors (Lipinski definition) is 1. The highest BCUT2D eigenvalue weighted by atomic mass is 35.5. The van der Waals surface area contributed by atoms with Gasteiger partial charge in [0.15, 0.2) is 0 Å². The molecule has 0 N–H and O–H groups in total. The number of benzene rings is 1. The van der Waals surface area contributed by atoms with E-state index in [2.05, 4.69) is 17.1 Å². The summed E-state index contributed by atoms with van der Waals surface area (Å²) >= 11 is 12.0. The maximum absolute atomic E-state index is 6.08. The first-order valence-electron chi connectivity index (χ1n) is 5.58. The van der Waals surface area contributed by atoms with Gasteiger partial charge in [-0.3, -0.25) is 4.99 Å². The van der Waals surface area contributed by atoms with Crippen LogP contribution in [0.4, 0.5) is 0 Å². The van der Waals surface area contributed by atoms with Crippen LogP contribution in [0.1, 0.15) is 30.7 Å². The average molecular weight is 256 g/mol. The molecular formula is C13H15Cl2N. The molecule has 0 aliphatic heterocycles. The van der Waals surface area contributed by atoms with E-state index in [-0.39, 0.29) is 0 Å². The highest BCUT2D eigenvalue weighted by molar-refractivity contribution is 6.65. The van der Waals surface area contributed by atoms with Gasteiger partial charge < -0.3 is 0 Å². The molecule has 0 bridgehead atoms. The first kappa shape index (κ1) is 11.9. The summed E-state index contributed by atoms with van der Waals surface area (Å²) in [6.45, 7) is 0. The molecule has 1 saturated carbocycles. The van der Waals surface area contributed by atoms with Gasteiger partial charge in [-0.25, -0.2) is 0 Å². The summed E-state index contributed by atoms with van der Waals surface area (Å²) in [5.41, 5.74) is 1.37. The van der Waals surface area contributed by atoms with Gasteiger partial charge in [-0.05, 0) is 42.9 Å². The molecule has 1 aromatic carbocycles. The van der Waals surface area contributed by atoms with Crippen molar-refractivity contribution < 1.29 is 0 Å². The Hall–Kier alpha value is -0.530. The van der Waals surface area contributed by atoms with Gasteiger partial charge in [-0.15, -0.1) is 0 Å². The number of nitrogens with zero attached hydrogens (tertiary/aromatic N) is 1. The fourth-order valence-corrected chi connectivity index (χ4v) is 2.74. The topological polar surface area (TPSA) is 12.4 Å². The van der Waals surface area contributed by atoms with E-state index in [0.29, 0.717) is 11.8 Å². The minimum Gasteiger partial charge on any atom is -0.281 e. The van der Waals surface area contributed by atoms with Gasteiger partial charge in [0.05, 0.1) is 0 Å². The molecule has 1 aliphatic carbocycles. The fourth-order valence-electron chi connectivity index (χ4n) is 2.42. The minimum absolute atomic E-state index is 0.451. The third-order valence-electron chi connectivity index (χ3n) is 3.32. The van der Waals surface area contributed by atoms with Crippen LogP contribution in [0, 0.1) is 5.92 Å². The molecule has 1 nitrogen and oxygen atoms in total. The number of hydrogen-bond donors (Lipinski definition) is 0. The Morgan fingerprint density at radius 1 is 1.25 bits per heavy atom. The van der Waals surface area contributed by atoms with Gasteiger partial charge in [-0.2, -0.15) is 0 Å². The molecule has 0 radical (unpaired) electrons. The fraction of sp³-hybridized carbons (Fsp3) is 0.462. The zero-order chi connectivity index (χ0) is 11.5. The molecule has 1 aromatic rings. The van der Waals surface area contributed by atoms with Crippen LogP contribution < -0.4 is 0 Å². The summed E-state index contributed by atoms with van der Waals surface area (Å²) in [7, 11) is 1.76. The van der Waals surface area contributed by atoms with E-state index in [4.69, 9.17) is 23.2 Å². The average Bonchev–Trinajstić information content (AvgIpc) is 2.78. The standard InChI is InChI=1S/C13H15Cl2N/c1-16-13(15)11-3-2-10(8-11)9-4-6-12(14)7-5-9/h4-7,10-11H,2-3,8H2,1H3/b16-13-. The quantitative estimate of drug-likeness (QED) is 0.691. The Morgan fingerprint density at radius 2 is 1.94 bits per heavy atom. The van der Waals surface area contributed by atoms with E-state index in [1.165, 1.54) is 12.0 Å². The van der Waals surface area contributed by atoms with Crippen LogP contribution in [-0.4, -0.2) is 12.2 Å². The lowest BCUT2D eigenvalue weighted by molar-refractivity contribution is 0.692. The largest absolute Gasteiger partial charge is 0.281 e. The Labute approximate surface area is 106 Å². The molecule has 0 amide bonds. The monoisotopic (exact) mass is 255 g/mol. The zero-order valence-corrected chi connectivity index (χ0v) is 10.8. The SMILES string of the molecule is C/N=C(\Cl)C1CCC(c2ccc(Cl)cc2)C1. The Bertz CT molecular complexity index is 383. The van der Waals surface area contributed by atoms with Crippen molar-refractivity contribution in [1.29, 1.82) is 0 Å². The number of rotatable bonds is 2. The molecule has 0 heterocycles. The maximum atomic E-state index is 6.08. The van der Waals surface area contributed by atoms with Crippen molar-refractivity contribution in [2.75, 3.05) is 7.05 Å². The van der Waals surface area contributed by atoms with Crippen molar-refractivity contribution in [3.8, 4) is 0 Å². The van der Waals surface area contributed by atoms with Crippen LogP contribution in [0.2, 0.25) is 5.02 Å². The lowest BCUT2D eigenvalue weighted by Crippen LogP contribution is -2.04. The molecule has 0 saturated heterocycles. The summed E-state index contributed by atoms with van der Waals surface area (Å²) in [5, 5.41) is 1.57. The molecule has 2 rings (SSSR count). The molecule has 1 fully saturated rings. The lowest BCUT2D eigenvalue weighted by atomic mass is 9.97. The Morgan fingerprint density at radius 3 is 2.56 bits per heavy atom. The molecule has 0 aromatic heterocycles.